The van der Waals surface area contributed by atoms with Crippen molar-refractivity contribution in [2.75, 3.05) is 13.2 Å². The predicted octanol–water partition coefficient (Wildman–Crippen LogP) is 11.9. The minimum atomic E-state index is 0.157. The maximum absolute atomic E-state index is 10.5. The van der Waals surface area contributed by atoms with E-state index in [1.54, 1.807) is 6.07 Å². The normalized spacial score (nSPS) is 13.2. The van der Waals surface area contributed by atoms with Crippen LogP contribution in [0.5, 0.6) is 17.2 Å². The fourth-order valence-corrected chi connectivity index (χ4v) is 6.30. The number of fused-ring (bicyclic) bond motifs is 1. The van der Waals surface area contributed by atoms with Crippen LogP contribution >= 0.6 is 0 Å². The zero-order valence-corrected chi connectivity index (χ0v) is 28.3. The maximum Gasteiger partial charge on any atom is 0.142 e. The molecule has 0 amide bonds. The van der Waals surface area contributed by atoms with Gasteiger partial charge in [0.2, 0.25) is 0 Å². The predicted molar refractivity (Wildman–Crippen MR) is 196 cm³/mol. The molecule has 0 atom stereocenters. The average Bonchev–Trinajstić information content (AvgIpc) is 3.55. The van der Waals surface area contributed by atoms with Crippen LogP contribution in [0.15, 0.2) is 91.0 Å². The zero-order chi connectivity index (χ0) is 32.7. The Morgan fingerprint density at radius 3 is 1.91 bits per heavy atom. The third kappa shape index (κ3) is 10.1. The first-order valence-corrected chi connectivity index (χ1v) is 17.9. The number of para-hydroxylation sites is 2. The van der Waals surface area contributed by atoms with Gasteiger partial charge in [0, 0.05) is 6.07 Å². The van der Waals surface area contributed by atoms with E-state index in [0.717, 1.165) is 48.4 Å². The molecule has 47 heavy (non-hydrogen) atoms. The van der Waals surface area contributed by atoms with Gasteiger partial charge in [-0.1, -0.05) is 101 Å². The summed E-state index contributed by atoms with van der Waals surface area (Å²) in [5, 5.41) is 10.5. The van der Waals surface area contributed by atoms with Crippen LogP contribution < -0.4 is 9.47 Å². The van der Waals surface area contributed by atoms with Gasteiger partial charge < -0.3 is 19.6 Å². The molecule has 5 heteroatoms. The highest BCUT2D eigenvalue weighted by molar-refractivity contribution is 5.80. The highest BCUT2D eigenvalue weighted by Gasteiger charge is 2.15. The number of aromatic nitrogens is 2. The lowest BCUT2D eigenvalue weighted by atomic mass is 9.84. The van der Waals surface area contributed by atoms with Crippen LogP contribution in [0.3, 0.4) is 0 Å². The van der Waals surface area contributed by atoms with Crippen molar-refractivity contribution in [3.8, 4) is 39.8 Å². The van der Waals surface area contributed by atoms with E-state index in [1.807, 2.05) is 36.4 Å². The van der Waals surface area contributed by atoms with Gasteiger partial charge in [-0.25, -0.2) is 4.98 Å². The molecule has 0 radical (unpaired) electrons. The number of rotatable bonds is 14. The SMILES string of the molecule is CCCCC.Oc1cc(OCCCCCCOc2ccc(-c3ccc(C4CCCCC4)cc3)cc2)ccc1-c1nc2ccccc2[nH]1. The number of phenolic OH excluding ortho intramolecular Hbond substituents is 1. The third-order valence-electron chi connectivity index (χ3n) is 9.07. The van der Waals surface area contributed by atoms with E-state index < -0.39 is 0 Å². The van der Waals surface area contributed by atoms with Gasteiger partial charge in [-0.05, 0) is 97.5 Å². The summed E-state index contributed by atoms with van der Waals surface area (Å²) in [5.74, 6) is 3.14. The first-order valence-electron chi connectivity index (χ1n) is 17.9. The van der Waals surface area contributed by atoms with Gasteiger partial charge in [0.25, 0.3) is 0 Å². The minimum absolute atomic E-state index is 0.157. The minimum Gasteiger partial charge on any atom is -0.507 e. The Kier molecular flexibility index (Phi) is 13.2. The van der Waals surface area contributed by atoms with Gasteiger partial charge in [0.1, 0.15) is 23.1 Å². The van der Waals surface area contributed by atoms with Gasteiger partial charge in [-0.2, -0.15) is 0 Å². The molecule has 4 aromatic carbocycles. The summed E-state index contributed by atoms with van der Waals surface area (Å²) in [6.07, 6.45) is 15.0. The van der Waals surface area contributed by atoms with Crippen LogP contribution in [-0.4, -0.2) is 28.3 Å². The summed E-state index contributed by atoms with van der Waals surface area (Å²) < 4.78 is 11.9. The van der Waals surface area contributed by atoms with Crippen molar-refractivity contribution < 1.29 is 14.6 Å². The van der Waals surface area contributed by atoms with Crippen molar-refractivity contribution in [1.82, 2.24) is 9.97 Å². The van der Waals surface area contributed by atoms with E-state index in [0.29, 0.717) is 30.4 Å². The van der Waals surface area contributed by atoms with E-state index in [2.05, 4.69) is 72.3 Å². The van der Waals surface area contributed by atoms with Crippen LogP contribution in [0.1, 0.15) is 102 Å². The summed E-state index contributed by atoms with van der Waals surface area (Å²) in [7, 11) is 0. The number of nitrogens with zero attached hydrogens (tertiary/aromatic N) is 1. The first-order chi connectivity index (χ1) is 23.1. The molecule has 248 valence electrons. The molecule has 1 heterocycles. The molecule has 1 aromatic heterocycles. The van der Waals surface area contributed by atoms with Gasteiger partial charge in [0.05, 0.1) is 29.8 Å². The fourth-order valence-electron chi connectivity index (χ4n) is 6.30. The van der Waals surface area contributed by atoms with Gasteiger partial charge in [0.15, 0.2) is 0 Å². The molecule has 0 bridgehead atoms. The van der Waals surface area contributed by atoms with Crippen LogP contribution in [-0.2, 0) is 0 Å². The van der Waals surface area contributed by atoms with Gasteiger partial charge in [-0.15, -0.1) is 0 Å². The summed E-state index contributed by atoms with van der Waals surface area (Å²) in [4.78, 5) is 7.83. The average molecular weight is 633 g/mol. The molecule has 6 rings (SSSR count). The van der Waals surface area contributed by atoms with Crippen LogP contribution in [0.25, 0.3) is 33.5 Å². The van der Waals surface area contributed by atoms with E-state index in [-0.39, 0.29) is 5.75 Å². The molecule has 1 fully saturated rings. The molecule has 0 aliphatic heterocycles. The highest BCUT2D eigenvalue weighted by atomic mass is 16.5. The lowest BCUT2D eigenvalue weighted by molar-refractivity contribution is 0.287. The second-order valence-corrected chi connectivity index (χ2v) is 12.7. The Morgan fingerprint density at radius 2 is 1.30 bits per heavy atom. The smallest absolute Gasteiger partial charge is 0.142 e. The Balaban J connectivity index is 0.000000807. The third-order valence-corrected chi connectivity index (χ3v) is 9.07. The van der Waals surface area contributed by atoms with E-state index in [1.165, 1.54) is 68.1 Å². The molecule has 1 aliphatic rings. The quantitative estimate of drug-likeness (QED) is 0.120. The lowest BCUT2D eigenvalue weighted by Crippen LogP contribution is -2.04. The standard InChI is InChI=1S/C37H40N2O3.C5H12/c40-36-26-32(22-23-33(36)37-38-34-12-6-7-13-35(34)39-37)42-25-9-2-1-8-24-41-31-20-18-30(19-21-31)29-16-14-28(15-17-29)27-10-4-3-5-11-27;1-3-5-4-2/h6-7,12-23,26-27,40H,1-5,8-11,24-25H2,(H,38,39);3-5H2,1-2H3. The molecule has 0 spiro atoms. The van der Waals surface area contributed by atoms with E-state index >= 15 is 0 Å². The van der Waals surface area contributed by atoms with Gasteiger partial charge >= 0.3 is 0 Å². The van der Waals surface area contributed by atoms with Crippen molar-refractivity contribution >= 4 is 11.0 Å². The summed E-state index contributed by atoms with van der Waals surface area (Å²) in [5.41, 5.74) is 6.48. The topological polar surface area (TPSA) is 67.4 Å². The Bertz CT molecular complexity index is 1580. The number of benzene rings is 4. The number of phenols is 1. The number of H-pyrrole nitrogens is 1. The maximum atomic E-state index is 10.5. The van der Waals surface area contributed by atoms with E-state index in [4.69, 9.17) is 9.47 Å². The number of hydrogen-bond acceptors (Lipinski definition) is 4. The number of aromatic amines is 1. The molecule has 1 saturated carbocycles. The van der Waals surface area contributed by atoms with Crippen molar-refractivity contribution in [2.45, 2.75) is 96.8 Å². The first kappa shape index (κ1) is 34.1. The molecule has 5 aromatic rings. The monoisotopic (exact) mass is 632 g/mol. The number of aromatic hydroxyl groups is 1. The Morgan fingerprint density at radius 1 is 0.681 bits per heavy atom. The van der Waals surface area contributed by atoms with E-state index in [9.17, 15) is 5.11 Å². The number of ether oxygens (including phenoxy) is 2. The molecular formula is C42H52N2O3. The largest absolute Gasteiger partial charge is 0.507 e. The van der Waals surface area contributed by atoms with Crippen molar-refractivity contribution in [3.05, 3.63) is 96.6 Å². The van der Waals surface area contributed by atoms with Crippen LogP contribution in [0.4, 0.5) is 0 Å². The number of hydrogen-bond donors (Lipinski definition) is 2. The molecule has 5 nitrogen and oxygen atoms in total. The fraction of sp³-hybridized carbons (Fsp3) is 0.405. The molecule has 2 N–H and O–H groups in total. The highest BCUT2D eigenvalue weighted by Crippen LogP contribution is 2.34. The lowest BCUT2D eigenvalue weighted by Gasteiger charge is -2.22. The van der Waals surface area contributed by atoms with Crippen molar-refractivity contribution in [2.24, 2.45) is 0 Å². The molecule has 1 aliphatic carbocycles. The molecule has 0 saturated heterocycles. The van der Waals surface area contributed by atoms with Crippen LogP contribution in [0.2, 0.25) is 0 Å². The number of imidazole rings is 1. The zero-order valence-electron chi connectivity index (χ0n) is 28.3. The summed E-state index contributed by atoms with van der Waals surface area (Å²) >= 11 is 0. The second-order valence-electron chi connectivity index (χ2n) is 12.7. The van der Waals surface area contributed by atoms with Gasteiger partial charge in [-0.3, -0.25) is 0 Å². The van der Waals surface area contributed by atoms with Crippen LogP contribution in [0, 0.1) is 0 Å². The Labute approximate surface area is 281 Å². The second kappa shape index (κ2) is 18.2. The number of unbranched alkanes of at least 4 members (excludes halogenated alkanes) is 5. The van der Waals surface area contributed by atoms with Crippen molar-refractivity contribution in [3.63, 3.8) is 0 Å². The molecular weight excluding hydrogens is 580 g/mol. The Hall–Kier alpha value is -4.25. The summed E-state index contributed by atoms with van der Waals surface area (Å²) in [6, 6.07) is 30.9. The number of nitrogens with one attached hydrogen (secondary N) is 1. The summed E-state index contributed by atoms with van der Waals surface area (Å²) in [6.45, 7) is 5.76. The van der Waals surface area contributed by atoms with Crippen molar-refractivity contribution in [1.29, 1.82) is 0 Å². The molecule has 0 unspecified atom stereocenters.